The van der Waals surface area contributed by atoms with Crippen molar-refractivity contribution in [2.75, 3.05) is 12.8 Å². The van der Waals surface area contributed by atoms with Crippen molar-refractivity contribution in [1.29, 1.82) is 0 Å². The van der Waals surface area contributed by atoms with Gasteiger partial charge in [0.25, 0.3) is 0 Å². The molecule has 0 bridgehead atoms. The number of hydrogen-bond donors (Lipinski definition) is 2. The lowest BCUT2D eigenvalue weighted by molar-refractivity contribution is -0.143. The van der Waals surface area contributed by atoms with Crippen molar-refractivity contribution in [3.05, 3.63) is 29.8 Å². The van der Waals surface area contributed by atoms with Crippen LogP contribution >= 0.6 is 11.8 Å². The molecule has 2 N–H and O–H groups in total. The van der Waals surface area contributed by atoms with Gasteiger partial charge in [-0.25, -0.2) is 0 Å². The highest BCUT2D eigenvalue weighted by Crippen LogP contribution is 2.15. The number of thioether (sulfide) groups is 1. The van der Waals surface area contributed by atoms with Crippen LogP contribution in [0, 0.1) is 11.8 Å². The van der Waals surface area contributed by atoms with Crippen molar-refractivity contribution in [2.45, 2.75) is 25.3 Å². The highest BCUT2D eigenvalue weighted by Gasteiger charge is 2.20. The molecule has 0 aliphatic carbocycles. The van der Waals surface area contributed by atoms with Gasteiger partial charge in [0, 0.05) is 18.0 Å². The van der Waals surface area contributed by atoms with Gasteiger partial charge in [-0.1, -0.05) is 26.0 Å². The summed E-state index contributed by atoms with van der Waals surface area (Å²) in [6.07, 6.45) is 2.05. The summed E-state index contributed by atoms with van der Waals surface area (Å²) >= 11 is 1.72. The van der Waals surface area contributed by atoms with Crippen LogP contribution in [0.15, 0.2) is 29.2 Å². The van der Waals surface area contributed by atoms with Crippen LogP contribution in [0.3, 0.4) is 0 Å². The van der Waals surface area contributed by atoms with E-state index in [1.807, 2.05) is 20.1 Å². The van der Waals surface area contributed by atoms with Crippen LogP contribution in [0.4, 0.5) is 0 Å². The van der Waals surface area contributed by atoms with E-state index in [2.05, 4.69) is 29.6 Å². The summed E-state index contributed by atoms with van der Waals surface area (Å²) in [6.45, 7) is 5.10. The molecule has 18 heavy (non-hydrogen) atoms. The van der Waals surface area contributed by atoms with E-state index in [0.717, 1.165) is 0 Å². The number of carboxylic acid groups (broad SMARTS) is 1. The van der Waals surface area contributed by atoms with Crippen molar-refractivity contribution < 1.29 is 9.90 Å². The third-order valence-electron chi connectivity index (χ3n) is 2.97. The molecule has 1 aromatic carbocycles. The largest absolute Gasteiger partial charge is 0.481 e. The zero-order valence-electron chi connectivity index (χ0n) is 11.1. The minimum Gasteiger partial charge on any atom is -0.481 e. The maximum absolute atomic E-state index is 11.0. The number of rotatable bonds is 7. The van der Waals surface area contributed by atoms with E-state index in [9.17, 15) is 4.79 Å². The van der Waals surface area contributed by atoms with Gasteiger partial charge in [0.1, 0.15) is 0 Å². The summed E-state index contributed by atoms with van der Waals surface area (Å²) in [6, 6.07) is 8.31. The van der Waals surface area contributed by atoms with Crippen molar-refractivity contribution in [1.82, 2.24) is 5.32 Å². The molecule has 100 valence electrons. The standard InChI is InChI=1S/C14H21NO2S/c1-10(2)13(14(16)17)9-15-8-11-4-6-12(18-3)7-5-11/h4-7,10,13,15H,8-9H2,1-3H3,(H,16,17). The van der Waals surface area contributed by atoms with E-state index >= 15 is 0 Å². The topological polar surface area (TPSA) is 49.3 Å². The van der Waals surface area contributed by atoms with Crippen molar-refractivity contribution in [3.8, 4) is 0 Å². The van der Waals surface area contributed by atoms with Crippen molar-refractivity contribution in [3.63, 3.8) is 0 Å². The molecule has 1 aromatic rings. The first-order valence-electron chi connectivity index (χ1n) is 6.11. The van der Waals surface area contributed by atoms with E-state index in [1.54, 1.807) is 11.8 Å². The summed E-state index contributed by atoms with van der Waals surface area (Å²) < 4.78 is 0. The molecule has 0 aliphatic rings. The van der Waals surface area contributed by atoms with Crippen LogP contribution in [0.5, 0.6) is 0 Å². The summed E-state index contributed by atoms with van der Waals surface area (Å²) in [5.74, 6) is -0.903. The van der Waals surface area contributed by atoms with E-state index in [0.29, 0.717) is 13.1 Å². The van der Waals surface area contributed by atoms with Crippen LogP contribution in [0.2, 0.25) is 0 Å². The fourth-order valence-corrected chi connectivity index (χ4v) is 2.13. The lowest BCUT2D eigenvalue weighted by Gasteiger charge is -2.16. The first-order chi connectivity index (χ1) is 8.54. The second-order valence-corrected chi connectivity index (χ2v) is 5.55. The predicted octanol–water partition coefficient (Wildman–Crippen LogP) is 2.85. The Kier molecular flexibility index (Phi) is 6.22. The maximum atomic E-state index is 11.0. The minimum absolute atomic E-state index is 0.147. The third kappa shape index (κ3) is 4.70. The molecule has 3 nitrogen and oxygen atoms in total. The lowest BCUT2D eigenvalue weighted by Crippen LogP contribution is -2.31. The fourth-order valence-electron chi connectivity index (χ4n) is 1.72. The van der Waals surface area contributed by atoms with Crippen LogP contribution in [-0.4, -0.2) is 23.9 Å². The minimum atomic E-state index is -0.727. The smallest absolute Gasteiger partial charge is 0.308 e. The zero-order chi connectivity index (χ0) is 13.5. The molecule has 0 spiro atoms. The Morgan fingerprint density at radius 2 is 1.94 bits per heavy atom. The van der Waals surface area contributed by atoms with Gasteiger partial charge >= 0.3 is 5.97 Å². The number of aliphatic carboxylic acids is 1. The number of hydrogen-bond acceptors (Lipinski definition) is 3. The highest BCUT2D eigenvalue weighted by molar-refractivity contribution is 7.98. The van der Waals surface area contributed by atoms with Crippen molar-refractivity contribution >= 4 is 17.7 Å². The molecule has 0 saturated heterocycles. The fraction of sp³-hybridized carbons (Fsp3) is 0.500. The molecule has 0 fully saturated rings. The average Bonchev–Trinajstić information content (AvgIpc) is 2.34. The number of carboxylic acids is 1. The summed E-state index contributed by atoms with van der Waals surface area (Å²) in [5, 5.41) is 12.3. The molecule has 0 amide bonds. The number of nitrogens with one attached hydrogen (secondary N) is 1. The van der Waals surface area contributed by atoms with E-state index in [4.69, 9.17) is 5.11 Å². The summed E-state index contributed by atoms with van der Waals surface area (Å²) in [5.41, 5.74) is 1.18. The van der Waals surface area contributed by atoms with Gasteiger partial charge in [0.05, 0.1) is 5.92 Å². The molecule has 1 unspecified atom stereocenters. The van der Waals surface area contributed by atoms with Crippen LogP contribution in [0.1, 0.15) is 19.4 Å². The molecular formula is C14H21NO2S. The molecule has 0 aromatic heterocycles. The van der Waals surface area contributed by atoms with Crippen LogP contribution in [0.25, 0.3) is 0 Å². The van der Waals surface area contributed by atoms with Gasteiger partial charge in [-0.05, 0) is 29.9 Å². The average molecular weight is 267 g/mol. The number of benzene rings is 1. The molecule has 0 heterocycles. The Balaban J connectivity index is 2.42. The molecular weight excluding hydrogens is 246 g/mol. The van der Waals surface area contributed by atoms with Gasteiger partial charge in [-0.15, -0.1) is 11.8 Å². The van der Waals surface area contributed by atoms with E-state index in [1.165, 1.54) is 10.5 Å². The van der Waals surface area contributed by atoms with E-state index in [-0.39, 0.29) is 11.8 Å². The molecule has 1 rings (SSSR count). The Morgan fingerprint density at radius 3 is 2.39 bits per heavy atom. The first-order valence-corrected chi connectivity index (χ1v) is 7.33. The Labute approximate surface area is 113 Å². The lowest BCUT2D eigenvalue weighted by atomic mass is 9.96. The van der Waals surface area contributed by atoms with Gasteiger partial charge in [0.2, 0.25) is 0 Å². The van der Waals surface area contributed by atoms with Crippen molar-refractivity contribution in [2.24, 2.45) is 11.8 Å². The Morgan fingerprint density at radius 1 is 1.33 bits per heavy atom. The normalized spacial score (nSPS) is 12.7. The second-order valence-electron chi connectivity index (χ2n) is 4.67. The monoisotopic (exact) mass is 267 g/mol. The third-order valence-corrected chi connectivity index (χ3v) is 3.72. The quantitative estimate of drug-likeness (QED) is 0.746. The Bertz CT molecular complexity index is 376. The molecule has 0 radical (unpaired) electrons. The van der Waals surface area contributed by atoms with Crippen LogP contribution in [-0.2, 0) is 11.3 Å². The van der Waals surface area contributed by atoms with E-state index < -0.39 is 5.97 Å². The molecule has 0 aliphatic heterocycles. The number of carbonyl (C=O) groups is 1. The summed E-state index contributed by atoms with van der Waals surface area (Å²) in [4.78, 5) is 12.3. The van der Waals surface area contributed by atoms with Crippen LogP contribution < -0.4 is 5.32 Å². The molecule has 4 heteroatoms. The zero-order valence-corrected chi connectivity index (χ0v) is 12.0. The van der Waals surface area contributed by atoms with Gasteiger partial charge in [0.15, 0.2) is 0 Å². The highest BCUT2D eigenvalue weighted by atomic mass is 32.2. The SMILES string of the molecule is CSc1ccc(CNCC(C(=O)O)C(C)C)cc1. The first kappa shape index (κ1) is 15.1. The van der Waals surface area contributed by atoms with Gasteiger partial charge in [-0.2, -0.15) is 0 Å². The molecule has 0 saturated carbocycles. The molecule has 1 atom stereocenters. The van der Waals surface area contributed by atoms with Gasteiger partial charge < -0.3 is 10.4 Å². The second kappa shape index (κ2) is 7.44. The maximum Gasteiger partial charge on any atom is 0.308 e. The predicted molar refractivity (Wildman–Crippen MR) is 75.9 cm³/mol. The summed E-state index contributed by atoms with van der Waals surface area (Å²) in [7, 11) is 0. The Hall–Kier alpha value is -1.00. The van der Waals surface area contributed by atoms with Gasteiger partial charge in [-0.3, -0.25) is 4.79 Å².